The lowest BCUT2D eigenvalue weighted by molar-refractivity contribution is -0.136. The summed E-state index contributed by atoms with van der Waals surface area (Å²) in [5.41, 5.74) is 1.12. The highest BCUT2D eigenvalue weighted by atomic mass is 16.4. The van der Waals surface area contributed by atoms with Crippen molar-refractivity contribution in [1.29, 1.82) is 0 Å². The number of carboxylic acid groups (broad SMARTS) is 1. The number of amides is 1. The molecule has 86 valence electrons. The van der Waals surface area contributed by atoms with Crippen molar-refractivity contribution in [1.82, 2.24) is 5.32 Å². The molecule has 1 amide bonds. The summed E-state index contributed by atoms with van der Waals surface area (Å²) >= 11 is 0. The van der Waals surface area contributed by atoms with E-state index in [1.54, 1.807) is 24.3 Å². The van der Waals surface area contributed by atoms with Crippen LogP contribution in [0.5, 0.6) is 0 Å². The predicted octanol–water partition coefficient (Wildman–Crippen LogP) is 1.45. The van der Waals surface area contributed by atoms with Gasteiger partial charge in [-0.2, -0.15) is 0 Å². The van der Waals surface area contributed by atoms with Crippen molar-refractivity contribution in [3.63, 3.8) is 0 Å². The van der Waals surface area contributed by atoms with Gasteiger partial charge in [-0.05, 0) is 31.5 Å². The van der Waals surface area contributed by atoms with Gasteiger partial charge in [-0.25, -0.2) is 0 Å². The number of hydrogen-bond acceptors (Lipinski definition) is 2. The highest BCUT2D eigenvalue weighted by Crippen LogP contribution is 2.06. The smallest absolute Gasteiger partial charge is 0.307 e. The zero-order valence-electron chi connectivity index (χ0n) is 9.36. The number of carbonyl (C=O) groups excluding carboxylic acids is 1. The third kappa shape index (κ3) is 3.73. The largest absolute Gasteiger partial charge is 0.481 e. The van der Waals surface area contributed by atoms with E-state index in [-0.39, 0.29) is 18.4 Å². The van der Waals surface area contributed by atoms with Crippen molar-refractivity contribution in [3.8, 4) is 0 Å². The number of hydrogen-bond donors (Lipinski definition) is 2. The minimum atomic E-state index is -0.901. The molecule has 0 spiro atoms. The molecule has 4 nitrogen and oxygen atoms in total. The second-order valence-electron chi connectivity index (χ2n) is 3.90. The van der Waals surface area contributed by atoms with Gasteiger partial charge in [-0.1, -0.05) is 12.1 Å². The zero-order chi connectivity index (χ0) is 12.1. The Balaban J connectivity index is 2.81. The molecule has 2 N–H and O–H groups in total. The second kappa shape index (κ2) is 5.30. The topological polar surface area (TPSA) is 66.4 Å². The Bertz CT molecular complexity index is 399. The molecular weight excluding hydrogens is 206 g/mol. The van der Waals surface area contributed by atoms with E-state index in [2.05, 4.69) is 5.32 Å². The maximum Gasteiger partial charge on any atom is 0.307 e. The van der Waals surface area contributed by atoms with Gasteiger partial charge in [0.05, 0.1) is 6.42 Å². The molecule has 0 heterocycles. The molecule has 0 aromatic heterocycles. The van der Waals surface area contributed by atoms with Gasteiger partial charge in [0.1, 0.15) is 0 Å². The Morgan fingerprint density at radius 1 is 1.38 bits per heavy atom. The summed E-state index contributed by atoms with van der Waals surface area (Å²) in [5.74, 6) is -1.08. The number of carbonyl (C=O) groups is 2. The van der Waals surface area contributed by atoms with Crippen LogP contribution in [-0.2, 0) is 11.2 Å². The molecule has 1 rings (SSSR count). The minimum absolute atomic E-state index is 0.0654. The zero-order valence-corrected chi connectivity index (χ0v) is 9.36. The Kier molecular flexibility index (Phi) is 4.05. The lowest BCUT2D eigenvalue weighted by Gasteiger charge is -2.08. The van der Waals surface area contributed by atoms with Gasteiger partial charge in [-0.15, -0.1) is 0 Å². The van der Waals surface area contributed by atoms with Crippen LogP contribution in [0.4, 0.5) is 0 Å². The maximum absolute atomic E-state index is 11.6. The van der Waals surface area contributed by atoms with Crippen LogP contribution in [0.15, 0.2) is 24.3 Å². The van der Waals surface area contributed by atoms with Crippen molar-refractivity contribution in [2.75, 3.05) is 0 Å². The first-order chi connectivity index (χ1) is 7.49. The van der Waals surface area contributed by atoms with E-state index in [4.69, 9.17) is 5.11 Å². The molecule has 0 aliphatic carbocycles. The lowest BCUT2D eigenvalue weighted by Crippen LogP contribution is -2.30. The van der Waals surface area contributed by atoms with E-state index in [0.29, 0.717) is 11.1 Å². The average Bonchev–Trinajstić information content (AvgIpc) is 2.16. The van der Waals surface area contributed by atoms with E-state index >= 15 is 0 Å². The molecule has 0 bridgehead atoms. The van der Waals surface area contributed by atoms with Crippen molar-refractivity contribution < 1.29 is 14.7 Å². The third-order valence-electron chi connectivity index (χ3n) is 1.96. The molecule has 0 atom stereocenters. The van der Waals surface area contributed by atoms with Crippen LogP contribution in [0.1, 0.15) is 29.8 Å². The van der Waals surface area contributed by atoms with Crippen LogP contribution in [0.3, 0.4) is 0 Å². The highest BCUT2D eigenvalue weighted by molar-refractivity contribution is 5.94. The molecule has 1 aromatic carbocycles. The fraction of sp³-hybridized carbons (Fsp3) is 0.333. The van der Waals surface area contributed by atoms with E-state index in [1.807, 2.05) is 13.8 Å². The minimum Gasteiger partial charge on any atom is -0.481 e. The number of rotatable bonds is 4. The highest BCUT2D eigenvalue weighted by Gasteiger charge is 2.08. The third-order valence-corrected chi connectivity index (χ3v) is 1.96. The Labute approximate surface area is 94.3 Å². The fourth-order valence-corrected chi connectivity index (χ4v) is 1.34. The summed E-state index contributed by atoms with van der Waals surface area (Å²) in [6.07, 6.45) is -0.0667. The van der Waals surface area contributed by atoms with Gasteiger partial charge < -0.3 is 10.4 Å². The van der Waals surface area contributed by atoms with Crippen LogP contribution in [0, 0.1) is 0 Å². The molecule has 4 heteroatoms. The first-order valence-corrected chi connectivity index (χ1v) is 5.10. The van der Waals surface area contributed by atoms with Gasteiger partial charge in [-0.3, -0.25) is 9.59 Å². The molecule has 0 saturated heterocycles. The molecule has 1 aromatic rings. The molecule has 0 saturated carbocycles. The van der Waals surface area contributed by atoms with Crippen LogP contribution in [0.25, 0.3) is 0 Å². The molecule has 0 unspecified atom stereocenters. The van der Waals surface area contributed by atoms with Crippen molar-refractivity contribution in [2.24, 2.45) is 0 Å². The van der Waals surface area contributed by atoms with E-state index in [0.717, 1.165) is 0 Å². The Morgan fingerprint density at radius 2 is 2.06 bits per heavy atom. The molecule has 0 aliphatic rings. The van der Waals surface area contributed by atoms with Gasteiger partial charge in [0.25, 0.3) is 5.91 Å². The van der Waals surface area contributed by atoms with Gasteiger partial charge in [0.15, 0.2) is 0 Å². The summed E-state index contributed by atoms with van der Waals surface area (Å²) < 4.78 is 0. The van der Waals surface area contributed by atoms with Gasteiger partial charge in [0.2, 0.25) is 0 Å². The van der Waals surface area contributed by atoms with Crippen LogP contribution in [-0.4, -0.2) is 23.0 Å². The monoisotopic (exact) mass is 221 g/mol. The lowest BCUT2D eigenvalue weighted by atomic mass is 10.1. The fourth-order valence-electron chi connectivity index (χ4n) is 1.34. The normalized spacial score (nSPS) is 10.2. The second-order valence-corrected chi connectivity index (χ2v) is 3.90. The Hall–Kier alpha value is -1.84. The first-order valence-electron chi connectivity index (χ1n) is 5.10. The van der Waals surface area contributed by atoms with Crippen LogP contribution < -0.4 is 5.32 Å². The SMILES string of the molecule is CC(C)NC(=O)c1cccc(CC(=O)O)c1. The van der Waals surface area contributed by atoms with E-state index in [1.165, 1.54) is 0 Å². The summed E-state index contributed by atoms with van der Waals surface area (Å²) in [7, 11) is 0. The van der Waals surface area contributed by atoms with Crippen molar-refractivity contribution in [3.05, 3.63) is 35.4 Å². The number of benzene rings is 1. The molecule has 0 aliphatic heterocycles. The molecule has 0 fully saturated rings. The molecule has 0 radical (unpaired) electrons. The van der Waals surface area contributed by atoms with Crippen LogP contribution >= 0.6 is 0 Å². The number of aliphatic carboxylic acids is 1. The molecular formula is C12H15NO3. The number of carboxylic acids is 1. The quantitative estimate of drug-likeness (QED) is 0.808. The van der Waals surface area contributed by atoms with Gasteiger partial charge >= 0.3 is 5.97 Å². The van der Waals surface area contributed by atoms with Crippen molar-refractivity contribution >= 4 is 11.9 Å². The van der Waals surface area contributed by atoms with Gasteiger partial charge in [0, 0.05) is 11.6 Å². The maximum atomic E-state index is 11.6. The summed E-state index contributed by atoms with van der Waals surface area (Å²) in [4.78, 5) is 22.2. The summed E-state index contributed by atoms with van der Waals surface area (Å²) in [6.45, 7) is 3.75. The van der Waals surface area contributed by atoms with E-state index < -0.39 is 5.97 Å². The predicted molar refractivity (Wildman–Crippen MR) is 60.4 cm³/mol. The summed E-state index contributed by atoms with van der Waals surface area (Å²) in [6, 6.07) is 6.72. The summed E-state index contributed by atoms with van der Waals surface area (Å²) in [5, 5.41) is 11.4. The van der Waals surface area contributed by atoms with E-state index in [9.17, 15) is 9.59 Å². The first kappa shape index (κ1) is 12.2. The number of nitrogens with one attached hydrogen (secondary N) is 1. The molecule has 16 heavy (non-hydrogen) atoms. The standard InChI is InChI=1S/C12H15NO3/c1-8(2)13-12(16)10-5-3-4-9(6-10)7-11(14)15/h3-6,8H,7H2,1-2H3,(H,13,16)(H,14,15). The average molecular weight is 221 g/mol. The van der Waals surface area contributed by atoms with Crippen LogP contribution in [0.2, 0.25) is 0 Å². The van der Waals surface area contributed by atoms with Crippen molar-refractivity contribution in [2.45, 2.75) is 26.3 Å². The Morgan fingerprint density at radius 3 is 2.62 bits per heavy atom.